The highest BCUT2D eigenvalue weighted by Crippen LogP contribution is 2.18. The summed E-state index contributed by atoms with van der Waals surface area (Å²) in [6, 6.07) is 1.32. The number of amides is 1. The Balaban J connectivity index is 2.09. The van der Waals surface area contributed by atoms with Gasteiger partial charge in [-0.3, -0.25) is 4.90 Å². The molecule has 0 aromatic carbocycles. The fourth-order valence-corrected chi connectivity index (χ4v) is 1.73. The van der Waals surface area contributed by atoms with E-state index in [4.69, 9.17) is 9.84 Å². The Morgan fingerprint density at radius 3 is 3.31 bits per heavy atom. The maximum atomic E-state index is 12.2. The van der Waals surface area contributed by atoms with Crippen LogP contribution in [0.5, 0.6) is 5.88 Å². The number of fused-ring (bicyclic) bond motifs is 1. The zero-order chi connectivity index (χ0) is 11.5. The highest BCUT2D eigenvalue weighted by Gasteiger charge is 2.28. The van der Waals surface area contributed by atoms with E-state index in [0.29, 0.717) is 12.4 Å². The minimum atomic E-state index is -1.14. The lowest BCUT2D eigenvalue weighted by Crippen LogP contribution is -2.48. The second kappa shape index (κ2) is 4.38. The van der Waals surface area contributed by atoms with Crippen molar-refractivity contribution in [3.8, 4) is 5.88 Å². The third-order valence-electron chi connectivity index (χ3n) is 2.50. The van der Waals surface area contributed by atoms with E-state index in [9.17, 15) is 9.18 Å². The fourth-order valence-electron chi connectivity index (χ4n) is 1.73. The summed E-state index contributed by atoms with van der Waals surface area (Å²) < 4.78 is 19.1. The maximum Gasteiger partial charge on any atom is 0.407 e. The molecule has 0 aliphatic carbocycles. The van der Waals surface area contributed by atoms with E-state index in [-0.39, 0.29) is 19.2 Å². The molecule has 0 bridgehead atoms. The number of carboxylic acid groups (broad SMARTS) is 1. The molecule has 1 unspecified atom stereocenters. The smallest absolute Gasteiger partial charge is 0.407 e. The third kappa shape index (κ3) is 1.93. The number of hydrogen-bond donors (Lipinski definition) is 1. The van der Waals surface area contributed by atoms with Crippen molar-refractivity contribution >= 4 is 6.09 Å². The van der Waals surface area contributed by atoms with E-state index < -0.39 is 12.8 Å². The number of rotatable bonds is 3. The summed E-state index contributed by atoms with van der Waals surface area (Å²) in [6.45, 7) is -0.207. The molecule has 0 saturated heterocycles. The zero-order valence-electron chi connectivity index (χ0n) is 8.54. The quantitative estimate of drug-likeness (QED) is 0.823. The van der Waals surface area contributed by atoms with Gasteiger partial charge in [0.2, 0.25) is 5.88 Å². The molecule has 0 spiro atoms. The number of ether oxygens (including phenoxy) is 1. The average Bonchev–Trinajstić information content (AvgIpc) is 2.72. The van der Waals surface area contributed by atoms with E-state index >= 15 is 0 Å². The van der Waals surface area contributed by atoms with Gasteiger partial charge in [-0.25, -0.2) is 13.9 Å². The highest BCUT2D eigenvalue weighted by molar-refractivity contribution is 5.65. The lowest BCUT2D eigenvalue weighted by atomic mass is 10.2. The molecule has 2 rings (SSSR count). The fraction of sp³-hybridized carbons (Fsp3) is 0.556. The summed E-state index contributed by atoms with van der Waals surface area (Å²) >= 11 is 0. The van der Waals surface area contributed by atoms with Gasteiger partial charge in [0.15, 0.2) is 0 Å². The molecule has 0 radical (unpaired) electrons. The van der Waals surface area contributed by atoms with Gasteiger partial charge in [-0.2, -0.15) is 5.10 Å². The Kier molecular flexibility index (Phi) is 2.93. The van der Waals surface area contributed by atoms with Crippen molar-refractivity contribution in [1.29, 1.82) is 0 Å². The standard InChI is InChI=1S/C9H12FN3O3/c10-2-4-12(9(14)15)7-5-13-8(16-6-7)1-3-11-13/h1,3,7H,2,4-6H2,(H,14,15). The van der Waals surface area contributed by atoms with E-state index in [2.05, 4.69) is 5.10 Å². The molecule has 1 aromatic heterocycles. The largest absolute Gasteiger partial charge is 0.476 e. The molecule has 7 heteroatoms. The van der Waals surface area contributed by atoms with Gasteiger partial charge in [-0.15, -0.1) is 0 Å². The molecule has 1 aliphatic heterocycles. The summed E-state index contributed by atoms with van der Waals surface area (Å²) in [5.41, 5.74) is 0. The molecule has 88 valence electrons. The van der Waals surface area contributed by atoms with Gasteiger partial charge in [-0.1, -0.05) is 0 Å². The van der Waals surface area contributed by atoms with Gasteiger partial charge in [0.1, 0.15) is 13.3 Å². The van der Waals surface area contributed by atoms with Gasteiger partial charge < -0.3 is 9.84 Å². The van der Waals surface area contributed by atoms with Gasteiger partial charge in [0.25, 0.3) is 0 Å². The molecule has 0 fully saturated rings. The Hall–Kier alpha value is -1.79. The number of halogens is 1. The second-order valence-corrected chi connectivity index (χ2v) is 3.48. The summed E-state index contributed by atoms with van der Waals surface area (Å²) in [4.78, 5) is 12.0. The molecule has 1 aliphatic rings. The van der Waals surface area contributed by atoms with E-state index in [1.165, 1.54) is 0 Å². The first-order chi connectivity index (χ1) is 7.72. The van der Waals surface area contributed by atoms with Crippen LogP contribution in [0.25, 0.3) is 0 Å². The van der Waals surface area contributed by atoms with Crippen LogP contribution in [-0.4, -0.2) is 51.7 Å². The zero-order valence-corrected chi connectivity index (χ0v) is 8.54. The first kappa shape index (κ1) is 10.7. The number of aromatic nitrogens is 2. The van der Waals surface area contributed by atoms with E-state index in [1.54, 1.807) is 16.9 Å². The number of nitrogens with zero attached hydrogens (tertiary/aromatic N) is 3. The van der Waals surface area contributed by atoms with E-state index in [0.717, 1.165) is 4.90 Å². The Morgan fingerprint density at radius 1 is 1.81 bits per heavy atom. The predicted molar refractivity (Wildman–Crippen MR) is 52.2 cm³/mol. The number of hydrogen-bond acceptors (Lipinski definition) is 3. The van der Waals surface area contributed by atoms with Gasteiger partial charge in [0, 0.05) is 6.07 Å². The van der Waals surface area contributed by atoms with Crippen LogP contribution >= 0.6 is 0 Å². The van der Waals surface area contributed by atoms with Crippen LogP contribution in [0.2, 0.25) is 0 Å². The molecule has 6 nitrogen and oxygen atoms in total. The van der Waals surface area contributed by atoms with Crippen molar-refractivity contribution in [1.82, 2.24) is 14.7 Å². The highest BCUT2D eigenvalue weighted by atomic mass is 19.1. The summed E-state index contributed by atoms with van der Waals surface area (Å²) in [5.74, 6) is 0.613. The molecule has 1 amide bonds. The van der Waals surface area contributed by atoms with Crippen molar-refractivity contribution in [3.63, 3.8) is 0 Å². The van der Waals surface area contributed by atoms with Crippen LogP contribution in [0.3, 0.4) is 0 Å². The Morgan fingerprint density at radius 2 is 2.62 bits per heavy atom. The van der Waals surface area contributed by atoms with Crippen LogP contribution < -0.4 is 4.74 Å². The number of carbonyl (C=O) groups is 1. The monoisotopic (exact) mass is 229 g/mol. The molecule has 16 heavy (non-hydrogen) atoms. The molecular weight excluding hydrogens is 217 g/mol. The SMILES string of the molecule is O=C(O)N(CCF)C1COc2ccnn2C1. The molecule has 2 heterocycles. The van der Waals surface area contributed by atoms with Gasteiger partial charge in [-0.05, 0) is 0 Å². The lowest BCUT2D eigenvalue weighted by molar-refractivity contribution is 0.0713. The average molecular weight is 229 g/mol. The van der Waals surface area contributed by atoms with Crippen molar-refractivity contribution in [3.05, 3.63) is 12.3 Å². The lowest BCUT2D eigenvalue weighted by Gasteiger charge is -2.31. The van der Waals surface area contributed by atoms with Crippen molar-refractivity contribution in [2.45, 2.75) is 12.6 Å². The topological polar surface area (TPSA) is 67.6 Å². The van der Waals surface area contributed by atoms with Crippen molar-refractivity contribution in [2.75, 3.05) is 19.8 Å². The summed E-state index contributed by atoms with van der Waals surface area (Å²) in [6.07, 6.45) is 0.444. The Bertz CT molecular complexity index is 382. The molecule has 0 saturated carbocycles. The van der Waals surface area contributed by atoms with E-state index in [1.807, 2.05) is 0 Å². The number of alkyl halides is 1. The van der Waals surface area contributed by atoms with Crippen LogP contribution in [0.1, 0.15) is 0 Å². The summed E-state index contributed by atoms with van der Waals surface area (Å²) in [5, 5.41) is 12.9. The van der Waals surface area contributed by atoms with Crippen LogP contribution in [-0.2, 0) is 6.54 Å². The van der Waals surface area contributed by atoms with Gasteiger partial charge in [0.05, 0.1) is 25.3 Å². The summed E-state index contributed by atoms with van der Waals surface area (Å²) in [7, 11) is 0. The molecule has 1 atom stereocenters. The van der Waals surface area contributed by atoms with Crippen molar-refractivity contribution in [2.24, 2.45) is 0 Å². The van der Waals surface area contributed by atoms with Crippen LogP contribution in [0.15, 0.2) is 12.3 Å². The maximum absolute atomic E-state index is 12.2. The van der Waals surface area contributed by atoms with Crippen LogP contribution in [0.4, 0.5) is 9.18 Å². The van der Waals surface area contributed by atoms with Crippen molar-refractivity contribution < 1.29 is 19.0 Å². The normalized spacial score (nSPS) is 18.7. The minimum Gasteiger partial charge on any atom is -0.476 e. The van der Waals surface area contributed by atoms with Crippen LogP contribution in [0, 0.1) is 0 Å². The second-order valence-electron chi connectivity index (χ2n) is 3.48. The molecular formula is C9H12FN3O3. The first-order valence-corrected chi connectivity index (χ1v) is 4.92. The molecule has 1 aromatic rings. The third-order valence-corrected chi connectivity index (χ3v) is 2.50. The predicted octanol–water partition coefficient (Wildman–Crippen LogP) is 0.594. The first-order valence-electron chi connectivity index (χ1n) is 4.92. The molecule has 1 N–H and O–H groups in total. The van der Waals surface area contributed by atoms with Gasteiger partial charge >= 0.3 is 6.09 Å². The Labute approximate surface area is 91.2 Å². The minimum absolute atomic E-state index is 0.139.